The molecule has 0 aliphatic heterocycles. The van der Waals surface area contributed by atoms with Crippen LogP contribution in [-0.4, -0.2) is 35.0 Å². The van der Waals surface area contributed by atoms with Gasteiger partial charge in [-0.1, -0.05) is 23.8 Å². The second-order valence-electron chi connectivity index (χ2n) is 6.71. The Labute approximate surface area is 143 Å². The Morgan fingerprint density at radius 2 is 1.79 bits per heavy atom. The summed E-state index contributed by atoms with van der Waals surface area (Å²) >= 11 is 0. The zero-order valence-corrected chi connectivity index (χ0v) is 15.4. The molecule has 4 heteroatoms. The van der Waals surface area contributed by atoms with Gasteiger partial charge in [0.2, 0.25) is 0 Å². The molecule has 0 saturated carbocycles. The molecule has 24 heavy (non-hydrogen) atoms. The van der Waals surface area contributed by atoms with E-state index < -0.39 is 0 Å². The normalized spacial score (nSPS) is 11.1. The van der Waals surface area contributed by atoms with Crippen molar-refractivity contribution in [2.45, 2.75) is 41.2 Å². The number of aromatic nitrogens is 1. The van der Waals surface area contributed by atoms with Crippen LogP contribution in [0.25, 0.3) is 0 Å². The van der Waals surface area contributed by atoms with Crippen LogP contribution in [0.15, 0.2) is 18.2 Å². The number of nitrogens with one attached hydrogen (secondary N) is 1. The van der Waals surface area contributed by atoms with Crippen molar-refractivity contribution >= 4 is 11.6 Å². The maximum Gasteiger partial charge on any atom is 0.193 e. The van der Waals surface area contributed by atoms with E-state index in [0.717, 1.165) is 17.8 Å². The lowest BCUT2D eigenvalue weighted by molar-refractivity contribution is 0.0937. The highest BCUT2D eigenvalue weighted by molar-refractivity contribution is 6.03. The van der Waals surface area contributed by atoms with E-state index in [1.165, 1.54) is 23.6 Å². The van der Waals surface area contributed by atoms with Gasteiger partial charge in [-0.25, -0.2) is 0 Å². The average molecular weight is 326 g/mol. The number of aryl methyl sites for hydroxylation is 3. The molecule has 1 aromatic heterocycles. The smallest absolute Gasteiger partial charge is 0.193 e. The topological polar surface area (TPSA) is 53.2 Å². The van der Waals surface area contributed by atoms with Crippen LogP contribution in [-0.2, 0) is 6.54 Å². The molecule has 0 saturated heterocycles. The van der Waals surface area contributed by atoms with Gasteiger partial charge in [-0.05, 0) is 58.4 Å². The predicted octanol–water partition coefficient (Wildman–Crippen LogP) is 3.77. The quantitative estimate of drug-likeness (QED) is 0.822. The number of H-pyrrole nitrogens is 1. The fourth-order valence-electron chi connectivity index (χ4n) is 3.25. The van der Waals surface area contributed by atoms with Gasteiger partial charge >= 0.3 is 0 Å². The van der Waals surface area contributed by atoms with Gasteiger partial charge in [0.25, 0.3) is 0 Å². The van der Waals surface area contributed by atoms with E-state index in [1.54, 1.807) is 0 Å². The van der Waals surface area contributed by atoms with Gasteiger partial charge in [0.05, 0.1) is 12.2 Å². The molecule has 2 rings (SSSR count). The molecule has 128 valence electrons. The van der Waals surface area contributed by atoms with Crippen LogP contribution >= 0.6 is 0 Å². The monoisotopic (exact) mass is 326 g/mol. The van der Waals surface area contributed by atoms with Crippen molar-refractivity contribution in [1.29, 1.82) is 0 Å². The zero-order chi connectivity index (χ0) is 18.0. The van der Waals surface area contributed by atoms with E-state index >= 15 is 0 Å². The van der Waals surface area contributed by atoms with Gasteiger partial charge in [-0.3, -0.25) is 14.5 Å². The number of benzene rings is 1. The summed E-state index contributed by atoms with van der Waals surface area (Å²) in [4.78, 5) is 29.4. The minimum atomic E-state index is -0.0102. The van der Waals surface area contributed by atoms with E-state index in [1.807, 2.05) is 25.8 Å². The minimum absolute atomic E-state index is 0.00960. The number of rotatable bonds is 6. The van der Waals surface area contributed by atoms with Crippen LogP contribution < -0.4 is 0 Å². The number of likely N-dealkylation sites (N-methyl/N-ethyl adjacent to an activating group) is 1. The summed E-state index contributed by atoms with van der Waals surface area (Å²) in [5.74, 6) is -0.000649. The maximum atomic E-state index is 12.6. The van der Waals surface area contributed by atoms with E-state index in [4.69, 9.17) is 0 Å². The lowest BCUT2D eigenvalue weighted by Crippen LogP contribution is -2.26. The van der Waals surface area contributed by atoms with Crippen LogP contribution in [0.4, 0.5) is 0 Å². The number of carbonyl (C=O) groups excluding carboxylic acids is 2. The molecule has 0 aliphatic carbocycles. The van der Waals surface area contributed by atoms with Crippen LogP contribution in [0.5, 0.6) is 0 Å². The lowest BCUT2D eigenvalue weighted by Gasteiger charge is -2.17. The molecule has 1 aromatic carbocycles. The first-order chi connectivity index (χ1) is 11.2. The molecular formula is C20H26N2O2. The third-order valence-electron chi connectivity index (χ3n) is 4.42. The molecule has 1 N–H and O–H groups in total. The Bertz CT molecular complexity index is 787. The highest BCUT2D eigenvalue weighted by Gasteiger charge is 2.20. The second kappa shape index (κ2) is 7.14. The molecule has 0 radical (unpaired) electrons. The first kappa shape index (κ1) is 18.1. The van der Waals surface area contributed by atoms with Gasteiger partial charge in [0, 0.05) is 17.8 Å². The maximum absolute atomic E-state index is 12.6. The van der Waals surface area contributed by atoms with Crippen molar-refractivity contribution in [1.82, 2.24) is 9.88 Å². The third kappa shape index (κ3) is 3.82. The van der Waals surface area contributed by atoms with Crippen molar-refractivity contribution in [3.8, 4) is 0 Å². The average Bonchev–Trinajstić information content (AvgIpc) is 2.77. The number of nitrogens with zero attached hydrogens (tertiary/aromatic N) is 1. The number of aromatic amines is 1. The summed E-state index contributed by atoms with van der Waals surface area (Å²) in [5.41, 5.74) is 6.40. The molecule has 0 atom stereocenters. The number of hydrogen-bond donors (Lipinski definition) is 1. The van der Waals surface area contributed by atoms with Crippen molar-refractivity contribution in [3.63, 3.8) is 0 Å². The van der Waals surface area contributed by atoms with Gasteiger partial charge in [0.1, 0.15) is 0 Å². The third-order valence-corrected chi connectivity index (χ3v) is 4.42. The van der Waals surface area contributed by atoms with Gasteiger partial charge in [-0.2, -0.15) is 0 Å². The number of Topliss-reactive ketones (excluding diaryl/α,β-unsaturated/α-hetero) is 2. The Kier molecular flexibility index (Phi) is 5.40. The molecule has 0 unspecified atom stereocenters. The largest absolute Gasteiger partial charge is 0.355 e. The van der Waals surface area contributed by atoms with Crippen molar-refractivity contribution in [2.24, 2.45) is 0 Å². The fraction of sp³-hybridized carbons (Fsp3) is 0.400. The molecule has 0 aliphatic rings. The summed E-state index contributed by atoms with van der Waals surface area (Å²) in [6.07, 6.45) is 0. The van der Waals surface area contributed by atoms with Gasteiger partial charge in [0.15, 0.2) is 11.6 Å². The molecule has 0 amide bonds. The minimum Gasteiger partial charge on any atom is -0.355 e. The fourth-order valence-corrected chi connectivity index (χ4v) is 3.25. The summed E-state index contributed by atoms with van der Waals surface area (Å²) in [5, 5.41) is 0. The number of hydrogen-bond acceptors (Lipinski definition) is 3. The van der Waals surface area contributed by atoms with Gasteiger partial charge < -0.3 is 4.98 Å². The molecule has 1 heterocycles. The summed E-state index contributed by atoms with van der Waals surface area (Å²) in [6, 6.07) is 6.36. The molecular weight excluding hydrogens is 300 g/mol. The van der Waals surface area contributed by atoms with Crippen molar-refractivity contribution in [2.75, 3.05) is 13.6 Å². The first-order valence-corrected chi connectivity index (χ1v) is 8.18. The Morgan fingerprint density at radius 1 is 1.12 bits per heavy atom. The summed E-state index contributed by atoms with van der Waals surface area (Å²) in [7, 11) is 1.94. The lowest BCUT2D eigenvalue weighted by atomic mass is 10.0. The molecule has 0 fully saturated rings. The van der Waals surface area contributed by atoms with E-state index in [9.17, 15) is 9.59 Å². The second-order valence-corrected chi connectivity index (χ2v) is 6.71. The highest BCUT2D eigenvalue weighted by Crippen LogP contribution is 2.19. The van der Waals surface area contributed by atoms with Crippen molar-refractivity contribution in [3.05, 3.63) is 57.4 Å². The molecule has 4 nitrogen and oxygen atoms in total. The number of ketones is 2. The Morgan fingerprint density at radius 3 is 2.33 bits per heavy atom. The van der Waals surface area contributed by atoms with Crippen LogP contribution in [0.1, 0.15) is 55.7 Å². The van der Waals surface area contributed by atoms with E-state index in [2.05, 4.69) is 37.0 Å². The van der Waals surface area contributed by atoms with Crippen molar-refractivity contribution < 1.29 is 9.59 Å². The van der Waals surface area contributed by atoms with Crippen LogP contribution in [0, 0.1) is 27.7 Å². The summed E-state index contributed by atoms with van der Waals surface area (Å²) < 4.78 is 0. The SMILES string of the molecule is CC(=O)c1c(C)[nH]c(C(=O)CN(C)Cc2ccc(C)cc2C)c1C. The highest BCUT2D eigenvalue weighted by atomic mass is 16.1. The Balaban J connectivity index is 2.12. The standard InChI is InChI=1S/C20H26N2O2/c1-12-7-8-17(13(2)9-12)10-22(6)11-18(24)20-14(3)19(16(5)23)15(4)21-20/h7-9,21H,10-11H2,1-6H3. The predicted molar refractivity (Wildman–Crippen MR) is 96.9 cm³/mol. The molecule has 0 bridgehead atoms. The van der Waals surface area contributed by atoms with E-state index in [-0.39, 0.29) is 11.6 Å². The molecule has 2 aromatic rings. The van der Waals surface area contributed by atoms with Crippen LogP contribution in [0.3, 0.4) is 0 Å². The van der Waals surface area contributed by atoms with Crippen LogP contribution in [0.2, 0.25) is 0 Å². The zero-order valence-electron chi connectivity index (χ0n) is 15.4. The Hall–Kier alpha value is -2.20. The number of carbonyl (C=O) groups is 2. The molecule has 0 spiro atoms. The van der Waals surface area contributed by atoms with E-state index in [0.29, 0.717) is 17.8 Å². The summed E-state index contributed by atoms with van der Waals surface area (Å²) in [6.45, 7) is 10.4. The van der Waals surface area contributed by atoms with Gasteiger partial charge in [-0.15, -0.1) is 0 Å². The first-order valence-electron chi connectivity index (χ1n) is 8.18.